The lowest BCUT2D eigenvalue weighted by Crippen LogP contribution is -2.37. The van der Waals surface area contributed by atoms with Crippen LogP contribution in [0.4, 0.5) is 22.0 Å². The van der Waals surface area contributed by atoms with E-state index in [2.05, 4.69) is 0 Å². The summed E-state index contributed by atoms with van der Waals surface area (Å²) in [6.07, 6.45) is -5.07. The molecule has 1 fully saturated rings. The van der Waals surface area contributed by atoms with Crippen LogP contribution in [0.15, 0.2) is 12.1 Å². The molecule has 128 valence electrons. The van der Waals surface area contributed by atoms with Gasteiger partial charge in [-0.25, -0.2) is 4.39 Å². The molecule has 3 atom stereocenters. The molecule has 1 aliphatic rings. The summed E-state index contributed by atoms with van der Waals surface area (Å²) in [7, 11) is 1.08. The van der Waals surface area contributed by atoms with Gasteiger partial charge in [-0.05, 0) is 19.4 Å². The van der Waals surface area contributed by atoms with Gasteiger partial charge in [0.25, 0.3) is 0 Å². The van der Waals surface area contributed by atoms with Crippen LogP contribution in [0.1, 0.15) is 24.8 Å². The van der Waals surface area contributed by atoms with E-state index in [1.54, 1.807) is 0 Å². The first-order valence-corrected chi connectivity index (χ1v) is 7.45. The van der Waals surface area contributed by atoms with Gasteiger partial charge < -0.3 is 10.5 Å². The highest BCUT2D eigenvalue weighted by molar-refractivity contribution is 8.02. The van der Waals surface area contributed by atoms with Gasteiger partial charge in [-0.1, -0.05) is 6.07 Å². The molecule has 0 radical (unpaired) electrons. The van der Waals surface area contributed by atoms with Crippen LogP contribution in [0.3, 0.4) is 0 Å². The number of benzene rings is 1. The number of halogens is 5. The number of carbonyl (C=O) groups is 1. The molecule has 1 saturated heterocycles. The highest BCUT2D eigenvalue weighted by atomic mass is 32.2. The van der Waals surface area contributed by atoms with Crippen LogP contribution in [0.2, 0.25) is 0 Å². The molecule has 2 rings (SSSR count). The number of alkyl halides is 3. The van der Waals surface area contributed by atoms with Gasteiger partial charge in [0.2, 0.25) is 11.7 Å². The van der Waals surface area contributed by atoms with Crippen molar-refractivity contribution in [1.82, 2.24) is 0 Å². The van der Waals surface area contributed by atoms with E-state index in [1.165, 1.54) is 0 Å². The van der Waals surface area contributed by atoms with Crippen molar-refractivity contribution in [3.8, 4) is 5.75 Å². The van der Waals surface area contributed by atoms with Gasteiger partial charge in [0, 0.05) is 11.5 Å². The maximum Gasteiger partial charge on any atom is 0.403 e. The predicted molar refractivity (Wildman–Crippen MR) is 75.3 cm³/mol. The van der Waals surface area contributed by atoms with E-state index < -0.39 is 51.8 Å². The van der Waals surface area contributed by atoms with Crippen LogP contribution in [-0.2, 0) is 4.79 Å². The molecule has 3 nitrogen and oxygen atoms in total. The summed E-state index contributed by atoms with van der Waals surface area (Å²) in [6, 6.07) is 1.92. The van der Waals surface area contributed by atoms with Crippen molar-refractivity contribution in [1.29, 1.82) is 0 Å². The number of carbonyl (C=O) groups excluding carboxylic acids is 1. The van der Waals surface area contributed by atoms with Gasteiger partial charge in [0.1, 0.15) is 4.75 Å². The molecule has 9 heteroatoms. The minimum Gasteiger partial charge on any atom is -0.493 e. The van der Waals surface area contributed by atoms with Crippen LogP contribution >= 0.6 is 11.8 Å². The smallest absolute Gasteiger partial charge is 0.403 e. The molecule has 2 N–H and O–H groups in total. The van der Waals surface area contributed by atoms with Gasteiger partial charge in [-0.3, -0.25) is 4.79 Å². The lowest BCUT2D eigenvalue weighted by molar-refractivity contribution is -0.155. The van der Waals surface area contributed by atoms with E-state index in [1.807, 2.05) is 0 Å². The highest BCUT2D eigenvalue weighted by Crippen LogP contribution is 2.58. The van der Waals surface area contributed by atoms with E-state index >= 15 is 0 Å². The average molecular weight is 355 g/mol. The lowest BCUT2D eigenvalue weighted by atomic mass is 9.86. The molecule has 1 heterocycles. The minimum absolute atomic E-state index is 0.00400. The standard InChI is InChI=1S/C14H14F5NO2S/c1-13(14(17,18)19)5-7(11(23-13)12(20)21)6-3-4-8(15)9(16)10(6)22-2/h3-4,7,11H,5H2,1-2H3,(H2,20,21). The molecule has 3 unspecified atom stereocenters. The Morgan fingerprint density at radius 2 is 2.00 bits per heavy atom. The van der Waals surface area contributed by atoms with Crippen molar-refractivity contribution >= 4 is 17.7 Å². The van der Waals surface area contributed by atoms with Crippen LogP contribution in [0.25, 0.3) is 0 Å². The third kappa shape index (κ3) is 2.98. The second-order valence-corrected chi connectivity index (χ2v) is 7.11. The Kier molecular flexibility index (Phi) is 4.53. The van der Waals surface area contributed by atoms with E-state index in [0.29, 0.717) is 11.8 Å². The zero-order chi connectivity index (χ0) is 17.6. The van der Waals surface area contributed by atoms with Crippen molar-refractivity contribution in [2.75, 3.05) is 7.11 Å². The number of thioether (sulfide) groups is 1. The first-order chi connectivity index (χ1) is 10.5. The normalized spacial score (nSPS) is 28.0. The summed E-state index contributed by atoms with van der Waals surface area (Å²) in [5.74, 6) is -4.98. The fourth-order valence-electron chi connectivity index (χ4n) is 2.70. The Morgan fingerprint density at radius 3 is 2.48 bits per heavy atom. The maximum absolute atomic E-state index is 13.8. The largest absolute Gasteiger partial charge is 0.493 e. The monoisotopic (exact) mass is 355 g/mol. The molecule has 1 aromatic rings. The Balaban J connectivity index is 2.53. The molecule has 1 amide bonds. The topological polar surface area (TPSA) is 52.3 Å². The number of amides is 1. The van der Waals surface area contributed by atoms with E-state index in [9.17, 15) is 26.7 Å². The zero-order valence-corrected chi connectivity index (χ0v) is 13.0. The lowest BCUT2D eigenvalue weighted by Gasteiger charge is -2.26. The summed E-state index contributed by atoms with van der Waals surface area (Å²) in [6.45, 7) is 0.958. The quantitative estimate of drug-likeness (QED) is 0.846. The fraction of sp³-hybridized carbons (Fsp3) is 0.500. The van der Waals surface area contributed by atoms with Crippen molar-refractivity contribution in [3.63, 3.8) is 0 Å². The summed E-state index contributed by atoms with van der Waals surface area (Å²) < 4.78 is 69.5. The molecule has 1 aromatic carbocycles. The molecule has 0 spiro atoms. The molecular weight excluding hydrogens is 341 g/mol. The SMILES string of the molecule is COc1c(C2CC(C)(C(F)(F)F)SC2C(N)=O)ccc(F)c1F. The average Bonchev–Trinajstić information content (AvgIpc) is 2.81. The highest BCUT2D eigenvalue weighted by Gasteiger charge is 2.60. The van der Waals surface area contributed by atoms with Crippen LogP contribution in [0, 0.1) is 11.6 Å². The molecule has 1 aliphatic heterocycles. The first kappa shape index (κ1) is 17.8. The molecule has 23 heavy (non-hydrogen) atoms. The van der Waals surface area contributed by atoms with Crippen LogP contribution in [0.5, 0.6) is 5.75 Å². The number of hydrogen-bond donors (Lipinski definition) is 1. The van der Waals surface area contributed by atoms with Gasteiger partial charge >= 0.3 is 6.18 Å². The number of primary amides is 1. The maximum atomic E-state index is 13.8. The number of hydrogen-bond acceptors (Lipinski definition) is 3. The Labute approximate surface area is 133 Å². The van der Waals surface area contributed by atoms with Crippen molar-refractivity contribution in [2.24, 2.45) is 5.73 Å². The molecule has 0 bridgehead atoms. The van der Waals surface area contributed by atoms with E-state index in [0.717, 1.165) is 26.2 Å². The predicted octanol–water partition coefficient (Wildman–Crippen LogP) is 3.37. The van der Waals surface area contributed by atoms with Gasteiger partial charge in [0.05, 0.1) is 12.4 Å². The van der Waals surface area contributed by atoms with Crippen LogP contribution < -0.4 is 10.5 Å². The number of nitrogens with two attached hydrogens (primary N) is 1. The molecule has 0 aromatic heterocycles. The first-order valence-electron chi connectivity index (χ1n) is 6.57. The third-order valence-electron chi connectivity index (χ3n) is 3.93. The molecule has 0 saturated carbocycles. The van der Waals surface area contributed by atoms with Crippen LogP contribution in [-0.4, -0.2) is 29.2 Å². The second-order valence-electron chi connectivity index (χ2n) is 5.46. The third-order valence-corrected chi connectivity index (χ3v) is 5.66. The van der Waals surface area contributed by atoms with Gasteiger partial charge in [-0.2, -0.15) is 17.6 Å². The molecular formula is C14H14F5NO2S. The number of methoxy groups -OCH3 is 1. The van der Waals surface area contributed by atoms with Crippen molar-refractivity contribution < 1.29 is 31.5 Å². The zero-order valence-electron chi connectivity index (χ0n) is 12.2. The van der Waals surface area contributed by atoms with Gasteiger partial charge in [-0.15, -0.1) is 11.8 Å². The minimum atomic E-state index is -4.58. The summed E-state index contributed by atoms with van der Waals surface area (Å²) in [4.78, 5) is 11.6. The Hall–Kier alpha value is -1.51. The fourth-order valence-corrected chi connectivity index (χ4v) is 4.19. The molecule has 0 aliphatic carbocycles. The second kappa shape index (κ2) is 5.85. The van der Waals surface area contributed by atoms with Gasteiger partial charge in [0.15, 0.2) is 11.6 Å². The van der Waals surface area contributed by atoms with E-state index in [-0.39, 0.29) is 5.56 Å². The van der Waals surface area contributed by atoms with E-state index in [4.69, 9.17) is 10.5 Å². The summed E-state index contributed by atoms with van der Waals surface area (Å²) in [5.41, 5.74) is 5.21. The van der Waals surface area contributed by atoms with Crippen molar-refractivity contribution in [3.05, 3.63) is 29.3 Å². The summed E-state index contributed by atoms with van der Waals surface area (Å²) in [5, 5.41) is -1.22. The number of rotatable bonds is 3. The van der Waals surface area contributed by atoms with Crippen molar-refractivity contribution in [2.45, 2.75) is 35.4 Å². The Bertz CT molecular complexity index is 636. The Morgan fingerprint density at radius 1 is 1.39 bits per heavy atom. The number of ether oxygens (including phenoxy) is 1. The summed E-state index contributed by atoms with van der Waals surface area (Å²) >= 11 is 0.389.